The molecule has 0 saturated heterocycles. The number of hydrogen-bond acceptors (Lipinski definition) is 2. The monoisotopic (exact) mass is 191 g/mol. The van der Waals surface area contributed by atoms with Crippen LogP contribution in [0.3, 0.4) is 0 Å². The quantitative estimate of drug-likeness (QED) is 0.746. The van der Waals surface area contributed by atoms with Crippen LogP contribution >= 0.6 is 0 Å². The van der Waals surface area contributed by atoms with Crippen LogP contribution in [0.5, 0.6) is 0 Å². The van der Waals surface area contributed by atoms with Gasteiger partial charge in [0.2, 0.25) is 0 Å². The Labute approximate surface area is 85.0 Å². The van der Waals surface area contributed by atoms with E-state index in [4.69, 9.17) is 5.11 Å². The molecule has 0 amide bonds. The molecule has 2 heteroatoms. The summed E-state index contributed by atoms with van der Waals surface area (Å²) in [5.41, 5.74) is 3.85. The van der Waals surface area contributed by atoms with Crippen molar-refractivity contribution in [2.24, 2.45) is 0 Å². The molecule has 2 nitrogen and oxygen atoms in total. The summed E-state index contributed by atoms with van der Waals surface area (Å²) in [4.78, 5) is 0. The molecular formula is C12H17NO. The highest BCUT2D eigenvalue weighted by Crippen LogP contribution is 2.29. The van der Waals surface area contributed by atoms with E-state index in [1.54, 1.807) is 0 Å². The van der Waals surface area contributed by atoms with Crippen molar-refractivity contribution >= 4 is 0 Å². The van der Waals surface area contributed by atoms with Crippen molar-refractivity contribution in [3.63, 3.8) is 0 Å². The maximum absolute atomic E-state index is 9.05. The molecule has 2 rings (SSSR count). The smallest absolute Gasteiger partial charge is 0.0681 e. The van der Waals surface area contributed by atoms with Gasteiger partial charge in [-0.2, -0.15) is 0 Å². The summed E-state index contributed by atoms with van der Waals surface area (Å²) in [5.74, 6) is 0. The SMILES string of the molecule is CN[C@@H]1CCCc2cc(CO)ccc21. The molecule has 76 valence electrons. The molecule has 1 aromatic carbocycles. The van der Waals surface area contributed by atoms with Crippen molar-refractivity contribution in [1.29, 1.82) is 0 Å². The Balaban J connectivity index is 2.35. The van der Waals surface area contributed by atoms with Gasteiger partial charge in [-0.05, 0) is 43.0 Å². The first kappa shape index (κ1) is 9.69. The standard InChI is InChI=1S/C12H17NO/c1-13-12-4-2-3-10-7-9(8-14)5-6-11(10)12/h5-7,12-14H,2-4,8H2,1H3/t12-/m1/s1. The van der Waals surface area contributed by atoms with E-state index < -0.39 is 0 Å². The maximum Gasteiger partial charge on any atom is 0.0681 e. The summed E-state index contributed by atoms with van der Waals surface area (Å²) in [6, 6.07) is 6.82. The first-order chi connectivity index (χ1) is 6.85. The van der Waals surface area contributed by atoms with Crippen molar-refractivity contribution in [1.82, 2.24) is 5.32 Å². The Morgan fingerprint density at radius 3 is 3.07 bits per heavy atom. The van der Waals surface area contributed by atoms with Crippen molar-refractivity contribution in [3.05, 3.63) is 34.9 Å². The lowest BCUT2D eigenvalue weighted by atomic mass is 9.87. The highest BCUT2D eigenvalue weighted by molar-refractivity contribution is 5.35. The van der Waals surface area contributed by atoms with E-state index >= 15 is 0 Å². The fourth-order valence-electron chi connectivity index (χ4n) is 2.27. The van der Waals surface area contributed by atoms with Gasteiger partial charge < -0.3 is 10.4 Å². The molecule has 0 aliphatic heterocycles. The number of aryl methyl sites for hydroxylation is 1. The van der Waals surface area contributed by atoms with E-state index in [9.17, 15) is 0 Å². The van der Waals surface area contributed by atoms with E-state index in [0.717, 1.165) is 12.0 Å². The number of hydrogen-bond donors (Lipinski definition) is 2. The van der Waals surface area contributed by atoms with Gasteiger partial charge in [0, 0.05) is 6.04 Å². The number of aliphatic hydroxyl groups excluding tert-OH is 1. The van der Waals surface area contributed by atoms with E-state index in [1.807, 2.05) is 13.1 Å². The number of benzene rings is 1. The Kier molecular flexibility index (Phi) is 2.85. The van der Waals surface area contributed by atoms with Crippen LogP contribution in [0.4, 0.5) is 0 Å². The molecule has 0 spiro atoms. The fourth-order valence-corrected chi connectivity index (χ4v) is 2.27. The summed E-state index contributed by atoms with van der Waals surface area (Å²) < 4.78 is 0. The van der Waals surface area contributed by atoms with Crippen molar-refractivity contribution in [2.45, 2.75) is 31.9 Å². The molecule has 1 atom stereocenters. The van der Waals surface area contributed by atoms with Gasteiger partial charge in [-0.1, -0.05) is 18.2 Å². The van der Waals surface area contributed by atoms with Crippen LogP contribution in [0.2, 0.25) is 0 Å². The van der Waals surface area contributed by atoms with Gasteiger partial charge in [-0.25, -0.2) is 0 Å². The molecule has 2 N–H and O–H groups in total. The van der Waals surface area contributed by atoms with Crippen LogP contribution < -0.4 is 5.32 Å². The number of rotatable bonds is 2. The Morgan fingerprint density at radius 2 is 2.36 bits per heavy atom. The van der Waals surface area contributed by atoms with E-state index in [-0.39, 0.29) is 6.61 Å². The minimum absolute atomic E-state index is 0.150. The fraction of sp³-hybridized carbons (Fsp3) is 0.500. The lowest BCUT2D eigenvalue weighted by molar-refractivity contribution is 0.281. The summed E-state index contributed by atoms with van der Waals surface area (Å²) >= 11 is 0. The number of aliphatic hydroxyl groups is 1. The highest BCUT2D eigenvalue weighted by atomic mass is 16.3. The van der Waals surface area contributed by atoms with Gasteiger partial charge in [0.15, 0.2) is 0 Å². The summed E-state index contributed by atoms with van der Waals surface area (Å²) in [5, 5.41) is 12.4. The maximum atomic E-state index is 9.05. The molecule has 0 radical (unpaired) electrons. The summed E-state index contributed by atoms with van der Waals surface area (Å²) in [6.45, 7) is 0.150. The third-order valence-electron chi connectivity index (χ3n) is 3.05. The minimum atomic E-state index is 0.150. The summed E-state index contributed by atoms with van der Waals surface area (Å²) in [7, 11) is 2.01. The topological polar surface area (TPSA) is 32.3 Å². The summed E-state index contributed by atoms with van der Waals surface area (Å²) in [6.07, 6.45) is 3.62. The lowest BCUT2D eigenvalue weighted by Crippen LogP contribution is -2.21. The largest absolute Gasteiger partial charge is 0.392 e. The van der Waals surface area contributed by atoms with Crippen LogP contribution in [-0.4, -0.2) is 12.2 Å². The van der Waals surface area contributed by atoms with Crippen LogP contribution in [0, 0.1) is 0 Å². The third kappa shape index (κ3) is 1.68. The molecule has 1 aliphatic carbocycles. The van der Waals surface area contributed by atoms with Gasteiger partial charge in [-0.15, -0.1) is 0 Å². The van der Waals surface area contributed by atoms with Crippen LogP contribution in [0.25, 0.3) is 0 Å². The first-order valence-electron chi connectivity index (χ1n) is 5.25. The van der Waals surface area contributed by atoms with Gasteiger partial charge in [0.25, 0.3) is 0 Å². The molecule has 0 heterocycles. The Hall–Kier alpha value is -0.860. The zero-order chi connectivity index (χ0) is 9.97. The van der Waals surface area contributed by atoms with Crippen LogP contribution in [0.1, 0.15) is 35.6 Å². The second-order valence-corrected chi connectivity index (χ2v) is 3.92. The Bertz CT molecular complexity index is 322. The predicted octanol–water partition coefficient (Wildman–Crippen LogP) is 1.78. The first-order valence-corrected chi connectivity index (χ1v) is 5.25. The highest BCUT2D eigenvalue weighted by Gasteiger charge is 2.18. The average Bonchev–Trinajstić information content (AvgIpc) is 2.27. The number of fused-ring (bicyclic) bond motifs is 1. The van der Waals surface area contributed by atoms with E-state index in [1.165, 1.54) is 24.0 Å². The molecule has 0 fully saturated rings. The zero-order valence-corrected chi connectivity index (χ0v) is 8.59. The second kappa shape index (κ2) is 4.11. The molecule has 0 aromatic heterocycles. The zero-order valence-electron chi connectivity index (χ0n) is 8.59. The van der Waals surface area contributed by atoms with Crippen molar-refractivity contribution in [3.8, 4) is 0 Å². The van der Waals surface area contributed by atoms with E-state index in [2.05, 4.69) is 17.4 Å². The van der Waals surface area contributed by atoms with Crippen LogP contribution in [0.15, 0.2) is 18.2 Å². The van der Waals surface area contributed by atoms with Gasteiger partial charge in [0.1, 0.15) is 0 Å². The third-order valence-corrected chi connectivity index (χ3v) is 3.05. The molecule has 1 aliphatic rings. The van der Waals surface area contributed by atoms with Gasteiger partial charge >= 0.3 is 0 Å². The predicted molar refractivity (Wildman–Crippen MR) is 57.1 cm³/mol. The molecule has 14 heavy (non-hydrogen) atoms. The average molecular weight is 191 g/mol. The Morgan fingerprint density at radius 1 is 1.50 bits per heavy atom. The molecular weight excluding hydrogens is 174 g/mol. The second-order valence-electron chi connectivity index (χ2n) is 3.92. The number of nitrogens with one attached hydrogen (secondary N) is 1. The van der Waals surface area contributed by atoms with Crippen LogP contribution in [-0.2, 0) is 13.0 Å². The van der Waals surface area contributed by atoms with E-state index in [0.29, 0.717) is 6.04 Å². The molecule has 1 aromatic rings. The van der Waals surface area contributed by atoms with Crippen molar-refractivity contribution in [2.75, 3.05) is 7.05 Å². The van der Waals surface area contributed by atoms with Gasteiger partial charge in [0.05, 0.1) is 6.61 Å². The normalized spacial score (nSPS) is 20.6. The van der Waals surface area contributed by atoms with Gasteiger partial charge in [-0.3, -0.25) is 0 Å². The minimum Gasteiger partial charge on any atom is -0.392 e. The lowest BCUT2D eigenvalue weighted by Gasteiger charge is -2.25. The molecule has 0 bridgehead atoms. The molecule has 0 unspecified atom stereocenters. The van der Waals surface area contributed by atoms with Crippen molar-refractivity contribution < 1.29 is 5.11 Å². The molecule has 0 saturated carbocycles.